The van der Waals surface area contributed by atoms with Crippen molar-refractivity contribution < 1.29 is 19.5 Å². The summed E-state index contributed by atoms with van der Waals surface area (Å²) in [5, 5.41) is 14.9. The van der Waals surface area contributed by atoms with Crippen LogP contribution in [0.2, 0.25) is 5.02 Å². The molecular weight excluding hydrogens is 476 g/mol. The van der Waals surface area contributed by atoms with Gasteiger partial charge < -0.3 is 15.2 Å². The number of carboxylic acids is 1. The van der Waals surface area contributed by atoms with E-state index in [9.17, 15) is 19.5 Å². The first-order valence-electron chi connectivity index (χ1n) is 10.1. The zero-order valence-corrected chi connectivity index (χ0v) is 19.7. The lowest BCUT2D eigenvalue weighted by Gasteiger charge is -2.15. The monoisotopic (exact) mass is 493 g/mol. The third kappa shape index (κ3) is 5.11. The van der Waals surface area contributed by atoms with E-state index in [2.05, 4.69) is 15.3 Å². The Morgan fingerprint density at radius 3 is 2.21 bits per heavy atom. The van der Waals surface area contributed by atoms with Crippen LogP contribution in [0, 0.1) is 13.8 Å². The van der Waals surface area contributed by atoms with Crippen LogP contribution < -0.4 is 10.4 Å². The molecule has 0 fully saturated rings. The van der Waals surface area contributed by atoms with E-state index in [1.54, 1.807) is 24.3 Å². The number of imide groups is 1. The fourth-order valence-corrected chi connectivity index (χ4v) is 4.46. The second-order valence-corrected chi connectivity index (χ2v) is 8.97. The highest BCUT2D eigenvalue weighted by Gasteiger charge is 2.39. The normalized spacial score (nSPS) is 13.6. The van der Waals surface area contributed by atoms with E-state index in [4.69, 9.17) is 11.6 Å². The van der Waals surface area contributed by atoms with Crippen molar-refractivity contribution in [2.75, 3.05) is 5.32 Å². The molecule has 0 aliphatic carbocycles. The van der Waals surface area contributed by atoms with Gasteiger partial charge in [0.15, 0.2) is 5.16 Å². The number of thioether (sulfide) groups is 1. The summed E-state index contributed by atoms with van der Waals surface area (Å²) in [6.45, 7) is 3.70. The van der Waals surface area contributed by atoms with Crippen molar-refractivity contribution in [2.24, 2.45) is 0 Å². The van der Waals surface area contributed by atoms with Gasteiger partial charge in [0.25, 0.3) is 11.8 Å². The fraction of sp³-hybridized carbons (Fsp3) is 0.125. The predicted octanol–water partition coefficient (Wildman–Crippen LogP) is 3.10. The lowest BCUT2D eigenvalue weighted by Crippen LogP contribution is -2.31. The number of anilines is 1. The summed E-state index contributed by atoms with van der Waals surface area (Å²) in [6.07, 6.45) is 0. The molecular formula is C24H18ClN4O4S-. The second-order valence-electron chi connectivity index (χ2n) is 7.55. The Balaban J connectivity index is 1.68. The summed E-state index contributed by atoms with van der Waals surface area (Å²) >= 11 is 6.95. The molecule has 1 aromatic heterocycles. The average Bonchev–Trinajstić information content (AvgIpc) is 2.99. The molecule has 2 heterocycles. The van der Waals surface area contributed by atoms with Crippen molar-refractivity contribution in [3.63, 3.8) is 0 Å². The number of nitrogens with zero attached hydrogens (tertiary/aromatic N) is 3. The molecule has 0 radical (unpaired) electrons. The number of hydrogen-bond donors (Lipinski definition) is 1. The van der Waals surface area contributed by atoms with Crippen molar-refractivity contribution in [1.82, 2.24) is 14.9 Å². The minimum absolute atomic E-state index is 0.00375. The van der Waals surface area contributed by atoms with Crippen molar-refractivity contribution in [3.05, 3.63) is 92.7 Å². The number of aromatic nitrogens is 2. The Kier molecular flexibility index (Phi) is 6.67. The van der Waals surface area contributed by atoms with E-state index in [0.717, 1.165) is 33.6 Å². The number of carbonyl (C=O) groups excluding carboxylic acids is 3. The third-order valence-electron chi connectivity index (χ3n) is 4.92. The second kappa shape index (κ2) is 9.66. The molecule has 10 heteroatoms. The van der Waals surface area contributed by atoms with Crippen molar-refractivity contribution in [2.45, 2.75) is 25.5 Å². The van der Waals surface area contributed by atoms with Crippen LogP contribution in [0.15, 0.2) is 70.4 Å². The SMILES string of the molecule is Cc1cc(C)nc(SC2=C(Nc3ccc(C(=O)[O-])cc3)C(=O)N(Cc3ccc(Cl)cc3)C2=O)n1. The van der Waals surface area contributed by atoms with E-state index >= 15 is 0 Å². The zero-order chi connectivity index (χ0) is 24.4. The molecule has 172 valence electrons. The van der Waals surface area contributed by atoms with Crippen molar-refractivity contribution >= 4 is 46.8 Å². The number of carboxylic acid groups (broad SMARTS) is 1. The molecule has 8 nitrogen and oxygen atoms in total. The molecule has 1 aliphatic heterocycles. The summed E-state index contributed by atoms with van der Waals surface area (Å²) in [5.41, 5.74) is 2.70. The van der Waals surface area contributed by atoms with Gasteiger partial charge in [0.1, 0.15) is 10.6 Å². The van der Waals surface area contributed by atoms with E-state index in [1.807, 2.05) is 19.9 Å². The first-order valence-corrected chi connectivity index (χ1v) is 11.3. The number of amides is 2. The van der Waals surface area contributed by atoms with Crippen LogP contribution in [0.1, 0.15) is 27.3 Å². The fourth-order valence-electron chi connectivity index (χ4n) is 3.34. The maximum atomic E-state index is 13.3. The highest BCUT2D eigenvalue weighted by atomic mass is 35.5. The number of carbonyl (C=O) groups is 3. The van der Waals surface area contributed by atoms with Gasteiger partial charge in [0.05, 0.1) is 12.5 Å². The summed E-state index contributed by atoms with van der Waals surface area (Å²) in [6, 6.07) is 14.4. The minimum Gasteiger partial charge on any atom is -0.545 e. The number of aryl methyl sites for hydroxylation is 2. The molecule has 1 N–H and O–H groups in total. The Hall–Kier alpha value is -3.69. The number of rotatable bonds is 7. The molecule has 2 amide bonds. The Labute approximate surface area is 204 Å². The zero-order valence-electron chi connectivity index (χ0n) is 18.2. The Morgan fingerprint density at radius 2 is 1.62 bits per heavy atom. The van der Waals surface area contributed by atoms with Crippen LogP contribution in [0.3, 0.4) is 0 Å². The van der Waals surface area contributed by atoms with Crippen LogP contribution in [0.4, 0.5) is 5.69 Å². The van der Waals surface area contributed by atoms with E-state index in [1.165, 1.54) is 24.3 Å². The maximum Gasteiger partial charge on any atom is 0.278 e. The quantitative estimate of drug-likeness (QED) is 0.394. The van der Waals surface area contributed by atoms with E-state index in [-0.39, 0.29) is 22.7 Å². The van der Waals surface area contributed by atoms with Gasteiger partial charge in [-0.3, -0.25) is 14.5 Å². The molecule has 0 spiro atoms. The lowest BCUT2D eigenvalue weighted by molar-refractivity contribution is -0.255. The van der Waals surface area contributed by atoms with Crippen molar-refractivity contribution in [1.29, 1.82) is 0 Å². The van der Waals surface area contributed by atoms with Gasteiger partial charge >= 0.3 is 0 Å². The molecule has 0 saturated heterocycles. The first-order chi connectivity index (χ1) is 16.2. The minimum atomic E-state index is -1.31. The molecule has 34 heavy (non-hydrogen) atoms. The predicted molar refractivity (Wildman–Crippen MR) is 126 cm³/mol. The van der Waals surface area contributed by atoms with Crippen LogP contribution in [-0.2, 0) is 16.1 Å². The molecule has 0 unspecified atom stereocenters. The Morgan fingerprint density at radius 1 is 1.00 bits per heavy atom. The number of benzene rings is 2. The van der Waals surface area contributed by atoms with Gasteiger partial charge in [-0.1, -0.05) is 35.9 Å². The van der Waals surface area contributed by atoms with Gasteiger partial charge in [-0.05, 0) is 67.1 Å². The summed E-state index contributed by atoms with van der Waals surface area (Å²) in [5.74, 6) is -2.31. The summed E-state index contributed by atoms with van der Waals surface area (Å²) < 4.78 is 0. The number of hydrogen-bond acceptors (Lipinski definition) is 8. The maximum absolute atomic E-state index is 13.3. The van der Waals surface area contributed by atoms with Crippen molar-refractivity contribution in [3.8, 4) is 0 Å². The standard InChI is InChI=1S/C24H19ClN4O4S/c1-13-11-14(2)27-24(26-13)34-20-19(28-18-9-5-16(6-10-18)23(32)33)21(30)29(22(20)31)12-15-3-7-17(25)8-4-15/h3-11,28H,12H2,1-2H3,(H,32,33)/p-1. The Bertz CT molecular complexity index is 1300. The topological polar surface area (TPSA) is 115 Å². The summed E-state index contributed by atoms with van der Waals surface area (Å²) in [7, 11) is 0. The number of halogens is 1. The number of aromatic carboxylic acids is 1. The molecule has 1 aliphatic rings. The van der Waals surface area contributed by atoms with E-state index < -0.39 is 17.8 Å². The molecule has 0 atom stereocenters. The van der Waals surface area contributed by atoms with Crippen LogP contribution in [-0.4, -0.2) is 32.7 Å². The van der Waals surface area contributed by atoms with Crippen LogP contribution >= 0.6 is 23.4 Å². The first kappa shape index (κ1) is 23.5. The van der Waals surface area contributed by atoms with Gasteiger partial charge in [0, 0.05) is 22.1 Å². The molecule has 4 rings (SSSR count). The van der Waals surface area contributed by atoms with Gasteiger partial charge in [0.2, 0.25) is 0 Å². The highest BCUT2D eigenvalue weighted by Crippen LogP contribution is 2.35. The molecule has 3 aromatic rings. The van der Waals surface area contributed by atoms with Crippen LogP contribution in [0.5, 0.6) is 0 Å². The summed E-state index contributed by atoms with van der Waals surface area (Å²) in [4.78, 5) is 47.7. The number of nitrogens with one attached hydrogen (secondary N) is 1. The van der Waals surface area contributed by atoms with Gasteiger partial charge in [-0.25, -0.2) is 9.97 Å². The third-order valence-corrected chi connectivity index (χ3v) is 6.12. The molecule has 0 saturated carbocycles. The molecule has 0 bridgehead atoms. The lowest BCUT2D eigenvalue weighted by atomic mass is 10.2. The van der Waals surface area contributed by atoms with E-state index in [0.29, 0.717) is 15.9 Å². The highest BCUT2D eigenvalue weighted by molar-refractivity contribution is 8.04. The smallest absolute Gasteiger partial charge is 0.278 e. The average molecular weight is 494 g/mol. The largest absolute Gasteiger partial charge is 0.545 e. The van der Waals surface area contributed by atoms with Crippen LogP contribution in [0.25, 0.3) is 0 Å². The molecule has 2 aromatic carbocycles. The van der Waals surface area contributed by atoms with Gasteiger partial charge in [-0.15, -0.1) is 0 Å². The van der Waals surface area contributed by atoms with Gasteiger partial charge in [-0.2, -0.15) is 0 Å².